The summed E-state index contributed by atoms with van der Waals surface area (Å²) in [5.74, 6) is 2.47. The van der Waals surface area contributed by atoms with Gasteiger partial charge in [0.05, 0.1) is 0 Å². The fourth-order valence-electron chi connectivity index (χ4n) is 1.73. The maximum absolute atomic E-state index is 5.36. The van der Waals surface area contributed by atoms with E-state index in [2.05, 4.69) is 42.1 Å². The summed E-state index contributed by atoms with van der Waals surface area (Å²) in [6, 6.07) is 10.6. The van der Waals surface area contributed by atoms with E-state index < -0.39 is 0 Å². The van der Waals surface area contributed by atoms with E-state index in [-0.39, 0.29) is 0 Å². The van der Waals surface area contributed by atoms with Gasteiger partial charge in [-0.2, -0.15) is 11.8 Å². The van der Waals surface area contributed by atoms with Gasteiger partial charge in [0.25, 0.3) is 0 Å². The van der Waals surface area contributed by atoms with Crippen molar-refractivity contribution in [2.24, 2.45) is 0 Å². The molecule has 1 fully saturated rings. The van der Waals surface area contributed by atoms with Crippen LogP contribution in [0.15, 0.2) is 35.2 Å². The van der Waals surface area contributed by atoms with Crippen LogP contribution in [0.2, 0.25) is 0 Å². The minimum absolute atomic E-state index is 0.838. The highest BCUT2D eigenvalue weighted by Gasteiger charge is 2.13. The molecule has 1 aromatic carbocycles. The fourth-order valence-corrected chi connectivity index (χ4v) is 3.90. The van der Waals surface area contributed by atoms with E-state index in [0.717, 1.165) is 18.5 Å². The van der Waals surface area contributed by atoms with Gasteiger partial charge in [0.2, 0.25) is 0 Å². The molecule has 0 atom stereocenters. The normalized spacial score (nSPS) is 17.5. The molecule has 0 amide bonds. The number of rotatable bonds is 5. The van der Waals surface area contributed by atoms with Crippen LogP contribution in [0, 0.1) is 0 Å². The number of hydrogen-bond acceptors (Lipinski definition) is 3. The van der Waals surface area contributed by atoms with Gasteiger partial charge >= 0.3 is 0 Å². The first-order valence-corrected chi connectivity index (χ1v) is 7.86. The maximum Gasteiger partial charge on any atom is 0.0476 e. The van der Waals surface area contributed by atoms with Gasteiger partial charge in [0.15, 0.2) is 0 Å². The van der Waals surface area contributed by atoms with E-state index in [9.17, 15) is 0 Å². The van der Waals surface area contributed by atoms with Crippen molar-refractivity contribution in [1.82, 2.24) is 0 Å². The highest BCUT2D eigenvalue weighted by atomic mass is 32.2. The molecule has 1 aliphatic rings. The van der Waals surface area contributed by atoms with Crippen molar-refractivity contribution < 1.29 is 4.74 Å². The Morgan fingerprint density at radius 1 is 1.06 bits per heavy atom. The molecular formula is C13H18OS2. The van der Waals surface area contributed by atoms with Crippen molar-refractivity contribution in [3.8, 4) is 0 Å². The predicted molar refractivity (Wildman–Crippen MR) is 73.5 cm³/mol. The smallest absolute Gasteiger partial charge is 0.0476 e. The second-order valence-electron chi connectivity index (χ2n) is 3.84. The first-order chi connectivity index (χ1) is 7.95. The predicted octanol–water partition coefficient (Wildman–Crippen LogP) is 3.69. The average Bonchev–Trinajstić information content (AvgIpc) is 2.37. The average molecular weight is 254 g/mol. The quantitative estimate of drug-likeness (QED) is 0.586. The molecule has 0 spiro atoms. The molecule has 0 radical (unpaired) electrons. The van der Waals surface area contributed by atoms with E-state index in [1.54, 1.807) is 0 Å². The minimum atomic E-state index is 0.838. The van der Waals surface area contributed by atoms with Crippen LogP contribution in [0.1, 0.15) is 12.8 Å². The SMILES string of the molecule is c1ccc(SCCSC2CCOCC2)cc1. The second-order valence-corrected chi connectivity index (χ2v) is 6.42. The molecule has 1 heterocycles. The molecule has 0 bridgehead atoms. The summed E-state index contributed by atoms with van der Waals surface area (Å²) in [7, 11) is 0. The Labute approximate surface area is 106 Å². The molecule has 1 saturated heterocycles. The first-order valence-electron chi connectivity index (χ1n) is 5.82. The molecule has 3 heteroatoms. The van der Waals surface area contributed by atoms with Crippen molar-refractivity contribution in [2.45, 2.75) is 23.0 Å². The van der Waals surface area contributed by atoms with Crippen LogP contribution in [-0.4, -0.2) is 30.0 Å². The molecule has 0 aromatic heterocycles. The Morgan fingerprint density at radius 3 is 2.56 bits per heavy atom. The summed E-state index contributed by atoms with van der Waals surface area (Å²) < 4.78 is 5.36. The first kappa shape index (κ1) is 12.3. The van der Waals surface area contributed by atoms with E-state index in [1.807, 2.05) is 11.8 Å². The van der Waals surface area contributed by atoms with Gasteiger partial charge in [-0.15, -0.1) is 11.8 Å². The molecule has 16 heavy (non-hydrogen) atoms. The Hall–Kier alpha value is -0.120. The standard InChI is InChI=1S/C13H18OS2/c1-2-4-12(5-3-1)15-10-11-16-13-6-8-14-9-7-13/h1-5,13H,6-11H2. The van der Waals surface area contributed by atoms with Gasteiger partial charge in [-0.05, 0) is 25.0 Å². The largest absolute Gasteiger partial charge is 0.381 e. The van der Waals surface area contributed by atoms with Crippen LogP contribution in [0.3, 0.4) is 0 Å². The van der Waals surface area contributed by atoms with Crippen LogP contribution < -0.4 is 0 Å². The molecule has 0 unspecified atom stereocenters. The van der Waals surface area contributed by atoms with E-state index in [0.29, 0.717) is 0 Å². The zero-order valence-electron chi connectivity index (χ0n) is 9.43. The summed E-state index contributed by atoms with van der Waals surface area (Å²) >= 11 is 4.07. The van der Waals surface area contributed by atoms with E-state index in [1.165, 1.54) is 29.2 Å². The Morgan fingerprint density at radius 2 is 1.81 bits per heavy atom. The Bertz CT molecular complexity index is 283. The summed E-state index contributed by atoms with van der Waals surface area (Å²) in [6.07, 6.45) is 2.47. The molecule has 0 saturated carbocycles. The molecule has 2 rings (SSSR count). The molecule has 1 nitrogen and oxygen atoms in total. The highest BCUT2D eigenvalue weighted by molar-refractivity contribution is 8.03. The van der Waals surface area contributed by atoms with Crippen molar-refractivity contribution >= 4 is 23.5 Å². The van der Waals surface area contributed by atoms with Gasteiger partial charge in [0, 0.05) is 34.9 Å². The molecular weight excluding hydrogens is 236 g/mol. The van der Waals surface area contributed by atoms with Gasteiger partial charge < -0.3 is 4.74 Å². The van der Waals surface area contributed by atoms with Gasteiger partial charge in [-0.3, -0.25) is 0 Å². The third kappa shape index (κ3) is 4.40. The van der Waals surface area contributed by atoms with Crippen LogP contribution in [0.4, 0.5) is 0 Å². The number of hydrogen-bond donors (Lipinski definition) is 0. The lowest BCUT2D eigenvalue weighted by atomic mass is 10.2. The Balaban J connectivity index is 1.58. The number of benzene rings is 1. The van der Waals surface area contributed by atoms with E-state index >= 15 is 0 Å². The number of ether oxygens (including phenoxy) is 1. The summed E-state index contributed by atoms with van der Waals surface area (Å²) in [4.78, 5) is 1.38. The van der Waals surface area contributed by atoms with E-state index in [4.69, 9.17) is 4.74 Å². The van der Waals surface area contributed by atoms with Crippen LogP contribution in [0.5, 0.6) is 0 Å². The summed E-state index contributed by atoms with van der Waals surface area (Å²) in [5, 5.41) is 0.838. The van der Waals surface area contributed by atoms with Gasteiger partial charge in [0.1, 0.15) is 0 Å². The van der Waals surface area contributed by atoms with Crippen LogP contribution in [0.25, 0.3) is 0 Å². The van der Waals surface area contributed by atoms with Crippen molar-refractivity contribution in [3.05, 3.63) is 30.3 Å². The molecule has 0 N–H and O–H groups in total. The van der Waals surface area contributed by atoms with Crippen LogP contribution >= 0.6 is 23.5 Å². The van der Waals surface area contributed by atoms with Crippen molar-refractivity contribution in [3.63, 3.8) is 0 Å². The molecule has 1 aromatic rings. The van der Waals surface area contributed by atoms with Gasteiger partial charge in [-0.1, -0.05) is 18.2 Å². The van der Waals surface area contributed by atoms with Crippen molar-refractivity contribution in [2.75, 3.05) is 24.7 Å². The number of thioether (sulfide) groups is 2. The zero-order chi connectivity index (χ0) is 11.1. The second kappa shape index (κ2) is 7.25. The molecule has 1 aliphatic heterocycles. The fraction of sp³-hybridized carbons (Fsp3) is 0.538. The lowest BCUT2D eigenvalue weighted by Gasteiger charge is -2.21. The minimum Gasteiger partial charge on any atom is -0.381 e. The van der Waals surface area contributed by atoms with Gasteiger partial charge in [-0.25, -0.2) is 0 Å². The highest BCUT2D eigenvalue weighted by Crippen LogP contribution is 2.24. The summed E-state index contributed by atoms with van der Waals surface area (Å²) in [6.45, 7) is 1.92. The zero-order valence-corrected chi connectivity index (χ0v) is 11.1. The third-order valence-electron chi connectivity index (χ3n) is 2.62. The summed E-state index contributed by atoms with van der Waals surface area (Å²) in [5.41, 5.74) is 0. The lowest BCUT2D eigenvalue weighted by molar-refractivity contribution is 0.100. The third-order valence-corrected chi connectivity index (χ3v) is 5.27. The molecule has 0 aliphatic carbocycles. The maximum atomic E-state index is 5.36. The van der Waals surface area contributed by atoms with Crippen LogP contribution in [-0.2, 0) is 4.74 Å². The topological polar surface area (TPSA) is 9.23 Å². The van der Waals surface area contributed by atoms with Crippen molar-refractivity contribution in [1.29, 1.82) is 0 Å². The monoisotopic (exact) mass is 254 g/mol. The molecule has 88 valence electrons. The lowest BCUT2D eigenvalue weighted by Crippen LogP contribution is -2.18. The Kier molecular flexibility index (Phi) is 5.59.